The highest BCUT2D eigenvalue weighted by molar-refractivity contribution is 7.27. The van der Waals surface area contributed by atoms with E-state index in [0.29, 0.717) is 0 Å². The molecule has 0 atom stereocenters. The van der Waals surface area contributed by atoms with Gasteiger partial charge in [0.1, 0.15) is 0 Å². The Morgan fingerprint density at radius 2 is 0.725 bits per heavy atom. The first-order valence-corrected chi connectivity index (χ1v) is 24.5. The SMILES string of the molecule is c1ccc(-n2c3ccccc3c3ccccc32)c(-c2ccc(N(c3ccc(-c4ccc5ccc6ccccc6c5c4)cc3)c3ccc(-c4cccc5c4sc4c6ccccc6ccc54)cc3)cc2)c1. The third-order valence-electron chi connectivity index (χ3n) is 14.2. The molecule has 0 spiro atoms. The summed E-state index contributed by atoms with van der Waals surface area (Å²) < 4.78 is 5.09. The van der Waals surface area contributed by atoms with Gasteiger partial charge >= 0.3 is 0 Å². The van der Waals surface area contributed by atoms with Crippen molar-refractivity contribution in [2.75, 3.05) is 4.90 Å². The maximum atomic E-state index is 2.42. The molecule has 0 N–H and O–H groups in total. The normalized spacial score (nSPS) is 11.8. The summed E-state index contributed by atoms with van der Waals surface area (Å²) in [6.07, 6.45) is 0. The van der Waals surface area contributed by atoms with Gasteiger partial charge in [0.25, 0.3) is 0 Å². The maximum Gasteiger partial charge on any atom is 0.0541 e. The summed E-state index contributed by atoms with van der Waals surface area (Å²) in [6.45, 7) is 0. The van der Waals surface area contributed by atoms with E-state index in [1.807, 2.05) is 11.3 Å². The smallest absolute Gasteiger partial charge is 0.0541 e. The van der Waals surface area contributed by atoms with Crippen molar-refractivity contribution in [3.05, 3.63) is 255 Å². The molecule has 3 heteroatoms. The maximum absolute atomic E-state index is 2.42. The summed E-state index contributed by atoms with van der Waals surface area (Å²) in [5.41, 5.74) is 14.0. The lowest BCUT2D eigenvalue weighted by Crippen LogP contribution is -2.09. The molecule has 12 aromatic carbocycles. The predicted octanol–water partition coefficient (Wildman–Crippen LogP) is 19.1. The quantitative estimate of drug-likeness (QED) is 0.145. The van der Waals surface area contributed by atoms with E-state index in [1.165, 1.54) is 102 Å². The molecule has 322 valence electrons. The molecule has 0 aliphatic heterocycles. The van der Waals surface area contributed by atoms with E-state index >= 15 is 0 Å². The molecular formula is C66H42N2S. The van der Waals surface area contributed by atoms with E-state index in [2.05, 4.69) is 264 Å². The fraction of sp³-hybridized carbons (Fsp3) is 0. The summed E-state index contributed by atoms with van der Waals surface area (Å²) in [5, 5.41) is 12.8. The van der Waals surface area contributed by atoms with Crippen molar-refractivity contribution in [1.29, 1.82) is 0 Å². The van der Waals surface area contributed by atoms with Gasteiger partial charge in [-0.15, -0.1) is 11.3 Å². The Morgan fingerprint density at radius 1 is 0.275 bits per heavy atom. The third-order valence-corrected chi connectivity index (χ3v) is 15.5. The van der Waals surface area contributed by atoms with Crippen molar-refractivity contribution >= 4 is 103 Å². The van der Waals surface area contributed by atoms with Crippen molar-refractivity contribution in [2.45, 2.75) is 0 Å². The fourth-order valence-corrected chi connectivity index (χ4v) is 12.2. The van der Waals surface area contributed by atoms with Crippen LogP contribution in [0.25, 0.3) is 113 Å². The summed E-state index contributed by atoms with van der Waals surface area (Å²) in [6, 6.07) is 93.6. The summed E-state index contributed by atoms with van der Waals surface area (Å²) >= 11 is 1.91. The number of fused-ring (bicyclic) bond motifs is 11. The van der Waals surface area contributed by atoms with E-state index in [-0.39, 0.29) is 0 Å². The Balaban J connectivity index is 0.872. The summed E-state index contributed by atoms with van der Waals surface area (Å²) in [7, 11) is 0. The zero-order chi connectivity index (χ0) is 45.4. The molecule has 2 aromatic heterocycles. The van der Waals surface area contributed by atoms with Gasteiger partial charge in [0.05, 0.1) is 16.7 Å². The molecule has 0 radical (unpaired) electrons. The van der Waals surface area contributed by atoms with Crippen LogP contribution in [0.2, 0.25) is 0 Å². The van der Waals surface area contributed by atoms with Crippen molar-refractivity contribution in [3.63, 3.8) is 0 Å². The molecule has 14 rings (SSSR count). The molecule has 2 heterocycles. The minimum Gasteiger partial charge on any atom is -0.311 e. The molecule has 69 heavy (non-hydrogen) atoms. The Kier molecular flexibility index (Phi) is 9.11. The monoisotopic (exact) mass is 894 g/mol. The van der Waals surface area contributed by atoms with Gasteiger partial charge in [0.2, 0.25) is 0 Å². The van der Waals surface area contributed by atoms with Gasteiger partial charge in [-0.25, -0.2) is 0 Å². The van der Waals surface area contributed by atoms with Crippen LogP contribution < -0.4 is 4.90 Å². The van der Waals surface area contributed by atoms with Gasteiger partial charge in [-0.3, -0.25) is 0 Å². The Hall–Kier alpha value is -8.76. The van der Waals surface area contributed by atoms with E-state index in [9.17, 15) is 0 Å². The van der Waals surface area contributed by atoms with Crippen LogP contribution in [-0.4, -0.2) is 4.57 Å². The van der Waals surface area contributed by atoms with Crippen LogP contribution in [0, 0.1) is 0 Å². The first kappa shape index (κ1) is 39.4. The lowest BCUT2D eigenvalue weighted by atomic mass is 9.97. The minimum absolute atomic E-state index is 1.09. The van der Waals surface area contributed by atoms with Crippen molar-refractivity contribution in [3.8, 4) is 39.1 Å². The molecule has 0 bridgehead atoms. The first-order chi connectivity index (χ1) is 34.2. The Labute approximate surface area is 403 Å². The molecule has 0 amide bonds. The van der Waals surface area contributed by atoms with E-state index < -0.39 is 0 Å². The molecule has 14 aromatic rings. The number of anilines is 3. The molecule has 0 aliphatic rings. The summed E-state index contributed by atoms with van der Waals surface area (Å²) in [4.78, 5) is 2.39. The number of nitrogens with zero attached hydrogens (tertiary/aromatic N) is 2. The predicted molar refractivity (Wildman–Crippen MR) is 297 cm³/mol. The van der Waals surface area contributed by atoms with Crippen LogP contribution in [0.15, 0.2) is 255 Å². The van der Waals surface area contributed by atoms with Gasteiger partial charge in [-0.2, -0.15) is 0 Å². The number of thiophene rings is 1. The topological polar surface area (TPSA) is 8.17 Å². The van der Waals surface area contributed by atoms with E-state index in [4.69, 9.17) is 0 Å². The summed E-state index contributed by atoms with van der Waals surface area (Å²) in [5.74, 6) is 0. The number of para-hydroxylation sites is 3. The van der Waals surface area contributed by atoms with Gasteiger partial charge in [-0.1, -0.05) is 194 Å². The van der Waals surface area contributed by atoms with Crippen molar-refractivity contribution in [2.24, 2.45) is 0 Å². The number of hydrogen-bond donors (Lipinski definition) is 0. The number of hydrogen-bond acceptors (Lipinski definition) is 2. The van der Waals surface area contributed by atoms with Gasteiger partial charge < -0.3 is 9.47 Å². The van der Waals surface area contributed by atoms with E-state index in [0.717, 1.165) is 28.3 Å². The zero-order valence-corrected chi connectivity index (χ0v) is 38.4. The number of rotatable bonds is 7. The average molecular weight is 895 g/mol. The van der Waals surface area contributed by atoms with Crippen LogP contribution in [0.3, 0.4) is 0 Å². The Bertz CT molecular complexity index is 4240. The molecule has 0 saturated heterocycles. The highest BCUT2D eigenvalue weighted by atomic mass is 32.1. The van der Waals surface area contributed by atoms with Gasteiger partial charge in [0, 0.05) is 53.6 Å². The largest absolute Gasteiger partial charge is 0.311 e. The molecule has 0 unspecified atom stereocenters. The average Bonchev–Trinajstić information content (AvgIpc) is 3.98. The van der Waals surface area contributed by atoms with Crippen molar-refractivity contribution in [1.82, 2.24) is 4.57 Å². The van der Waals surface area contributed by atoms with Crippen LogP contribution >= 0.6 is 11.3 Å². The zero-order valence-electron chi connectivity index (χ0n) is 37.6. The van der Waals surface area contributed by atoms with Crippen LogP contribution in [0.1, 0.15) is 0 Å². The second-order valence-electron chi connectivity index (χ2n) is 18.0. The highest BCUT2D eigenvalue weighted by Gasteiger charge is 2.19. The molecule has 2 nitrogen and oxygen atoms in total. The van der Waals surface area contributed by atoms with Crippen LogP contribution in [-0.2, 0) is 0 Å². The Morgan fingerprint density at radius 3 is 1.41 bits per heavy atom. The highest BCUT2D eigenvalue weighted by Crippen LogP contribution is 2.45. The second kappa shape index (κ2) is 16.0. The lowest BCUT2D eigenvalue weighted by molar-refractivity contribution is 1.18. The number of benzene rings is 12. The lowest BCUT2D eigenvalue weighted by Gasteiger charge is -2.26. The standard InChI is InChI=1S/C66H42N2S/c1-3-14-53-44(12-1)24-25-48-26-27-49(42-61(48)53)43-28-35-50(36-29-43)67(52-39-32-47(33-40-52)56-19-11-20-59-60-41-34-45-13-2-4-16-55(45)66(60)69-65(56)59)51-37-30-46(31-38-51)54-15-5-8-21-62(54)68-63-22-9-6-17-57(63)58-18-7-10-23-64(58)68/h1-42H. The molecule has 0 saturated carbocycles. The molecule has 0 fully saturated rings. The van der Waals surface area contributed by atoms with Crippen LogP contribution in [0.5, 0.6) is 0 Å². The first-order valence-electron chi connectivity index (χ1n) is 23.7. The minimum atomic E-state index is 1.09. The van der Waals surface area contributed by atoms with E-state index in [1.54, 1.807) is 0 Å². The molecular weight excluding hydrogens is 853 g/mol. The van der Waals surface area contributed by atoms with Crippen molar-refractivity contribution < 1.29 is 0 Å². The fourth-order valence-electron chi connectivity index (χ4n) is 10.9. The second-order valence-corrected chi connectivity index (χ2v) is 19.1. The van der Waals surface area contributed by atoms with Crippen LogP contribution in [0.4, 0.5) is 17.1 Å². The van der Waals surface area contributed by atoms with Gasteiger partial charge in [-0.05, 0) is 121 Å². The van der Waals surface area contributed by atoms with Gasteiger partial charge in [0.15, 0.2) is 0 Å². The number of aromatic nitrogens is 1. The molecule has 0 aliphatic carbocycles. The third kappa shape index (κ3) is 6.47.